The van der Waals surface area contributed by atoms with E-state index in [4.69, 9.17) is 0 Å². The summed E-state index contributed by atoms with van der Waals surface area (Å²) < 4.78 is 13.9. The Morgan fingerprint density at radius 3 is 2.18 bits per heavy atom. The number of hydrogen-bond acceptors (Lipinski definition) is 2. The molecule has 2 aromatic carbocycles. The highest BCUT2D eigenvalue weighted by Gasteiger charge is 2.25. The second kappa shape index (κ2) is 12.4. The van der Waals surface area contributed by atoms with Crippen LogP contribution in [0.5, 0.6) is 0 Å². The minimum atomic E-state index is -1.09. The maximum atomic E-state index is 13.9. The Morgan fingerprint density at radius 1 is 1.00 bits per heavy atom. The van der Waals surface area contributed by atoms with Gasteiger partial charge in [-0.3, -0.25) is 0 Å². The molecule has 3 rings (SSSR count). The summed E-state index contributed by atoms with van der Waals surface area (Å²) in [6.07, 6.45) is 8.43. The summed E-state index contributed by atoms with van der Waals surface area (Å²) in [5, 5.41) is 3.44. The smallest absolute Gasteiger partial charge is 0.118 e. The third-order valence-corrected chi connectivity index (χ3v) is 6.79. The van der Waals surface area contributed by atoms with Gasteiger partial charge in [0.15, 0.2) is 0 Å². The largest absolute Gasteiger partial charge is 0.385 e. The van der Waals surface area contributed by atoms with Gasteiger partial charge >= 0.3 is 0 Å². The Labute approximate surface area is 201 Å². The van der Waals surface area contributed by atoms with E-state index in [1.165, 1.54) is 55.2 Å². The molecule has 1 saturated heterocycles. The zero-order valence-electron chi connectivity index (χ0n) is 21.0. The fraction of sp³-hybridized carbons (Fsp3) is 0.533. The predicted octanol–water partition coefficient (Wildman–Crippen LogP) is 7.50. The number of benzene rings is 2. The molecule has 0 atom stereocenters. The minimum absolute atomic E-state index is 0.561. The lowest BCUT2D eigenvalue weighted by molar-refractivity contribution is 0.0943. The van der Waals surface area contributed by atoms with Gasteiger partial charge in [0.1, 0.15) is 5.67 Å². The van der Waals surface area contributed by atoms with E-state index < -0.39 is 5.67 Å². The maximum absolute atomic E-state index is 13.9. The van der Waals surface area contributed by atoms with Crippen LogP contribution in [0.4, 0.5) is 4.39 Å². The molecule has 180 valence electrons. The molecule has 1 N–H and O–H groups in total. The van der Waals surface area contributed by atoms with Gasteiger partial charge in [0, 0.05) is 18.8 Å². The fourth-order valence-electron chi connectivity index (χ4n) is 4.78. The van der Waals surface area contributed by atoms with Crippen molar-refractivity contribution in [3.63, 3.8) is 0 Å². The van der Waals surface area contributed by atoms with Crippen molar-refractivity contribution in [2.45, 2.75) is 71.4 Å². The molecule has 3 heteroatoms. The number of alkyl halides is 1. The number of rotatable bonds is 12. The molecule has 0 aromatic heterocycles. The molecule has 1 aliphatic rings. The van der Waals surface area contributed by atoms with Crippen LogP contribution in [0.15, 0.2) is 55.1 Å². The van der Waals surface area contributed by atoms with Crippen molar-refractivity contribution >= 4 is 5.70 Å². The van der Waals surface area contributed by atoms with Gasteiger partial charge in [-0.1, -0.05) is 74.9 Å². The number of hydrogen-bond donors (Lipinski definition) is 1. The van der Waals surface area contributed by atoms with Gasteiger partial charge in [-0.15, -0.1) is 0 Å². The average molecular weight is 451 g/mol. The van der Waals surface area contributed by atoms with Gasteiger partial charge in [-0.05, 0) is 87.2 Å². The van der Waals surface area contributed by atoms with E-state index in [1.54, 1.807) is 13.8 Å². The number of unbranched alkanes of at least 4 members (excludes halogenated alkanes) is 2. The lowest BCUT2D eigenvalue weighted by Crippen LogP contribution is -2.41. The monoisotopic (exact) mass is 450 g/mol. The van der Waals surface area contributed by atoms with Crippen LogP contribution in [0.1, 0.15) is 70.4 Å². The Morgan fingerprint density at radius 2 is 1.61 bits per heavy atom. The molecular formula is C30H43FN2. The molecule has 2 nitrogen and oxygen atoms in total. The highest BCUT2D eigenvalue weighted by molar-refractivity contribution is 5.68. The first-order chi connectivity index (χ1) is 15.8. The van der Waals surface area contributed by atoms with Gasteiger partial charge in [0.05, 0.1) is 0 Å². The van der Waals surface area contributed by atoms with Crippen LogP contribution < -0.4 is 5.32 Å². The summed E-state index contributed by atoms with van der Waals surface area (Å²) in [5.74, 6) is 0.764. The zero-order valence-corrected chi connectivity index (χ0v) is 21.0. The number of halogens is 1. The van der Waals surface area contributed by atoms with E-state index in [9.17, 15) is 4.39 Å². The molecule has 0 spiro atoms. The van der Waals surface area contributed by atoms with E-state index in [-0.39, 0.29) is 0 Å². The van der Waals surface area contributed by atoms with Gasteiger partial charge in [0.25, 0.3) is 0 Å². The molecule has 0 radical (unpaired) electrons. The Hall–Kier alpha value is -2.13. The van der Waals surface area contributed by atoms with Crippen molar-refractivity contribution < 1.29 is 4.39 Å². The molecule has 33 heavy (non-hydrogen) atoms. The van der Waals surface area contributed by atoms with Crippen molar-refractivity contribution in [3.05, 3.63) is 66.2 Å². The normalized spacial score (nSPS) is 15.5. The molecule has 2 aromatic rings. The van der Waals surface area contributed by atoms with Gasteiger partial charge in [-0.2, -0.15) is 0 Å². The van der Waals surface area contributed by atoms with Crippen LogP contribution >= 0.6 is 0 Å². The molecule has 0 saturated carbocycles. The van der Waals surface area contributed by atoms with Crippen LogP contribution in [0.2, 0.25) is 0 Å². The van der Waals surface area contributed by atoms with Crippen LogP contribution in [0.3, 0.4) is 0 Å². The summed E-state index contributed by atoms with van der Waals surface area (Å²) in [6.45, 7) is 13.4. The first-order valence-corrected chi connectivity index (χ1v) is 12.9. The average Bonchev–Trinajstić information content (AvgIpc) is 2.81. The highest BCUT2D eigenvalue weighted by atomic mass is 19.1. The quantitative estimate of drug-likeness (QED) is 0.337. The third-order valence-electron chi connectivity index (χ3n) is 6.79. The Bertz CT molecular complexity index is 840. The number of aryl methyl sites for hydroxylation is 1. The zero-order chi connectivity index (χ0) is 23.7. The van der Waals surface area contributed by atoms with Crippen molar-refractivity contribution in [2.24, 2.45) is 5.92 Å². The van der Waals surface area contributed by atoms with Gasteiger partial charge in [-0.25, -0.2) is 4.39 Å². The summed E-state index contributed by atoms with van der Waals surface area (Å²) in [6, 6.07) is 17.7. The van der Waals surface area contributed by atoms with E-state index in [0.29, 0.717) is 6.54 Å². The van der Waals surface area contributed by atoms with Crippen molar-refractivity contribution in [1.82, 2.24) is 10.2 Å². The van der Waals surface area contributed by atoms with Gasteiger partial charge < -0.3 is 10.2 Å². The van der Waals surface area contributed by atoms with E-state index in [2.05, 4.69) is 72.3 Å². The predicted molar refractivity (Wildman–Crippen MR) is 141 cm³/mol. The van der Waals surface area contributed by atoms with Crippen LogP contribution in [-0.2, 0) is 6.42 Å². The van der Waals surface area contributed by atoms with Crippen molar-refractivity contribution in [3.8, 4) is 11.1 Å². The molecule has 1 fully saturated rings. The number of piperidine rings is 1. The molecule has 1 aliphatic heterocycles. The molecule has 0 aliphatic carbocycles. The van der Waals surface area contributed by atoms with Gasteiger partial charge in [0.2, 0.25) is 0 Å². The van der Waals surface area contributed by atoms with Crippen molar-refractivity contribution in [2.75, 3.05) is 26.2 Å². The van der Waals surface area contributed by atoms with E-state index in [1.807, 2.05) is 0 Å². The second-order valence-corrected chi connectivity index (χ2v) is 10.4. The Kier molecular flexibility index (Phi) is 9.55. The van der Waals surface area contributed by atoms with E-state index >= 15 is 0 Å². The highest BCUT2D eigenvalue weighted by Crippen LogP contribution is 2.26. The van der Waals surface area contributed by atoms with Crippen LogP contribution in [0, 0.1) is 5.92 Å². The third kappa shape index (κ3) is 8.62. The fourth-order valence-corrected chi connectivity index (χ4v) is 4.78. The summed E-state index contributed by atoms with van der Waals surface area (Å²) in [5.41, 5.74) is 4.99. The molecule has 0 unspecified atom stereocenters. The molecular weight excluding hydrogens is 407 g/mol. The first kappa shape index (κ1) is 25.5. The standard InChI is InChI=1S/C30H43FN2/c1-5-6-7-20-32-24(2)27-14-16-29(17-15-27)28-12-10-25(11-13-28)8-9-26-18-21-33(22-19-26)23-30(3,4)31/h10-17,26,32H,2,5-9,18-23H2,1,3-4H3. The molecule has 1 heterocycles. The van der Waals surface area contributed by atoms with Crippen molar-refractivity contribution in [1.29, 1.82) is 0 Å². The summed E-state index contributed by atoms with van der Waals surface area (Å²) in [4.78, 5) is 2.29. The summed E-state index contributed by atoms with van der Waals surface area (Å²) >= 11 is 0. The Balaban J connectivity index is 1.44. The maximum Gasteiger partial charge on any atom is 0.118 e. The number of nitrogens with zero attached hydrogens (tertiary/aromatic N) is 1. The summed E-state index contributed by atoms with van der Waals surface area (Å²) in [7, 11) is 0. The first-order valence-electron chi connectivity index (χ1n) is 12.9. The molecule has 0 bridgehead atoms. The van der Waals surface area contributed by atoms with Crippen LogP contribution in [-0.4, -0.2) is 36.7 Å². The SMILES string of the molecule is C=C(NCCCCC)c1ccc(-c2ccc(CCC3CCN(CC(C)(C)F)CC3)cc2)cc1. The lowest BCUT2D eigenvalue weighted by atomic mass is 9.90. The topological polar surface area (TPSA) is 15.3 Å². The number of likely N-dealkylation sites (tertiary alicyclic amines) is 1. The van der Waals surface area contributed by atoms with E-state index in [0.717, 1.165) is 43.2 Å². The lowest BCUT2D eigenvalue weighted by Gasteiger charge is -2.34. The number of nitrogens with one attached hydrogen (secondary N) is 1. The molecule has 0 amide bonds. The minimum Gasteiger partial charge on any atom is -0.385 e. The second-order valence-electron chi connectivity index (χ2n) is 10.4. The van der Waals surface area contributed by atoms with Crippen LogP contribution in [0.25, 0.3) is 16.8 Å².